The summed E-state index contributed by atoms with van der Waals surface area (Å²) in [5.41, 5.74) is 4.58. The van der Waals surface area contributed by atoms with Crippen molar-refractivity contribution in [3.63, 3.8) is 0 Å². The van der Waals surface area contributed by atoms with Crippen LogP contribution in [0.4, 0.5) is 9.59 Å². The van der Waals surface area contributed by atoms with E-state index in [1.807, 2.05) is 179 Å². The Morgan fingerprint density at radius 2 is 0.976 bits per heavy atom. The fourth-order valence-corrected chi connectivity index (χ4v) is 17.1. The predicted octanol–water partition coefficient (Wildman–Crippen LogP) is 14.0. The lowest BCUT2D eigenvalue weighted by molar-refractivity contribution is -0.400. The minimum Gasteiger partial charge on any atom is -0.463 e. The Hall–Kier alpha value is -7.50. The number of nitrogens with one attached hydrogen (secondary N) is 2. The molecule has 0 spiro atoms. The Bertz CT molecular complexity index is 4330. The first-order valence-corrected chi connectivity index (χ1v) is 43.8. The maximum Gasteiger partial charge on any atom is 0.407 e. The number of alkyl carbamates (subject to hydrolysis) is 2. The molecule has 7 heterocycles. The molecular formula is C93H115Cl3N2O26. The summed E-state index contributed by atoms with van der Waals surface area (Å²) in [7, 11) is 0. The van der Waals surface area contributed by atoms with E-state index in [2.05, 4.69) is 10.6 Å². The van der Waals surface area contributed by atoms with Gasteiger partial charge in [-0.3, -0.25) is 9.59 Å². The minimum atomic E-state index is -2.12. The van der Waals surface area contributed by atoms with Gasteiger partial charge in [-0.1, -0.05) is 239 Å². The molecule has 6 aromatic rings. The van der Waals surface area contributed by atoms with Crippen molar-refractivity contribution >= 4 is 64.9 Å². The normalized spacial score (nSPS) is 32.8. The monoisotopic (exact) mass is 1780 g/mol. The molecule has 2 amide bonds. The van der Waals surface area contributed by atoms with E-state index >= 15 is 9.59 Å². The van der Waals surface area contributed by atoms with Gasteiger partial charge in [0.1, 0.15) is 74.7 Å². The molecule has 7 saturated heterocycles. The number of halogens is 3. The second kappa shape index (κ2) is 44.0. The number of hydrogen-bond acceptors (Lipinski definition) is 26. The third-order valence-corrected chi connectivity index (χ3v) is 23.8. The van der Waals surface area contributed by atoms with E-state index in [1.54, 1.807) is 58.0 Å². The summed E-state index contributed by atoms with van der Waals surface area (Å²) in [5.74, 6) is -7.78. The molecule has 0 aromatic heterocycles. The number of benzene rings is 6. The third kappa shape index (κ3) is 25.5. The highest BCUT2D eigenvalue weighted by atomic mass is 35.6. The lowest BCUT2D eigenvalue weighted by atomic mass is 9.84. The number of carbonyl (C=O) groups excluding carboxylic acids is 5. The van der Waals surface area contributed by atoms with E-state index in [-0.39, 0.29) is 64.8 Å². The van der Waals surface area contributed by atoms with Crippen molar-refractivity contribution < 1.29 is 123 Å². The lowest BCUT2D eigenvalue weighted by Crippen LogP contribution is -2.70. The summed E-state index contributed by atoms with van der Waals surface area (Å²) in [6, 6.07) is 54.1. The highest BCUT2D eigenvalue weighted by Gasteiger charge is 2.63. The number of hydrogen-bond donors (Lipinski definition) is 2. The number of aryl methyl sites for hydroxylation is 1. The average Bonchev–Trinajstić information content (AvgIpc) is 1.35. The van der Waals surface area contributed by atoms with Crippen LogP contribution in [0.1, 0.15) is 127 Å². The molecule has 0 aliphatic carbocycles. The third-order valence-electron chi connectivity index (χ3n) is 23.5. The Morgan fingerprint density at radius 3 is 1.56 bits per heavy atom. The van der Waals surface area contributed by atoms with Crippen LogP contribution in [0.5, 0.6) is 0 Å². The molecule has 124 heavy (non-hydrogen) atoms. The fraction of sp³-hybridized carbons (Fsp3) is 0.559. The zero-order chi connectivity index (χ0) is 87.7. The Balaban J connectivity index is 0.950. The SMILES string of the molecule is CC[C@H]1OC(C)(C)O[C@H]1C1O[C@](C)(O[C@@H]2C(OC(=O)c3ccccc3)[C@H](O[C@@H]3C(NC(=O)OCC(Cl)(Cl)Cl)[C@H](O[C@@H]4C(OCc5ccccc5)[C@H](OCCCc5ccccc5)OC(COCc5ccccc5)[C@@H]4C)OC(COC(C)=O)[C@H]3C)OC(COCc3ccccc3)[C@@H]2OC2OC(COC(C)=O)[C@H](OCc3ccccc3)[C@H](C)[C@@H]2C)C[C@H]2OC(=O)N[C@@H]12. The van der Waals surface area contributed by atoms with Gasteiger partial charge in [0.2, 0.25) is 3.79 Å². The molecule has 31 heteroatoms. The van der Waals surface area contributed by atoms with Crippen molar-refractivity contribution in [2.24, 2.45) is 23.7 Å². The molecule has 9 unspecified atom stereocenters. The van der Waals surface area contributed by atoms with E-state index in [9.17, 15) is 14.4 Å². The van der Waals surface area contributed by atoms with Crippen molar-refractivity contribution in [2.45, 2.75) is 266 Å². The van der Waals surface area contributed by atoms with Crippen LogP contribution in [-0.2, 0) is 142 Å². The smallest absolute Gasteiger partial charge is 0.407 e. The number of esters is 3. The first-order chi connectivity index (χ1) is 59.6. The Morgan fingerprint density at radius 1 is 0.484 bits per heavy atom. The molecule has 0 radical (unpaired) electrons. The maximum absolute atomic E-state index is 15.7. The van der Waals surface area contributed by atoms with Crippen LogP contribution in [0.25, 0.3) is 0 Å². The summed E-state index contributed by atoms with van der Waals surface area (Å²) in [4.78, 5) is 70.8. The molecule has 6 aromatic carbocycles. The highest BCUT2D eigenvalue weighted by molar-refractivity contribution is 6.67. The van der Waals surface area contributed by atoms with E-state index < -0.39 is 211 Å². The van der Waals surface area contributed by atoms with E-state index in [0.29, 0.717) is 19.3 Å². The minimum absolute atomic E-state index is 0.0217. The van der Waals surface area contributed by atoms with Gasteiger partial charge in [-0.05, 0) is 85.9 Å². The van der Waals surface area contributed by atoms with Crippen molar-refractivity contribution in [1.82, 2.24) is 10.6 Å². The number of carbonyl (C=O) groups is 5. The standard InChI is InChI=1S/C93H115Cl3N2O26/c1-11-67-79(122-91(8,9)121-67)80-73-68(116-90(103)97-73)45-92(10,123-80)124-81-78(120-85-56(3)55(2)75(72(114-85)53-108-60(7)100)109-48-64-37-24-15-25-38-64)71(51-105-47-63-35-22-14-23-36-63)115-88(83(81)117-84(101)66-42-28-17-29-43-66)118-76-57(4)70(52-107-59(6)99)112-86(74(76)98-89(102)111-54-93(94,95)96)119-77-58(5)69(50-104-46-62-33-20-13-21-34-62)113-87(82(77)110-49-65-39-26-16-27-40-65)106-44-30-41-61-31-18-12-19-32-61/h12-29,31-40,42-43,55-58,67-83,85-88H,11,30,41,44-54H2,1-10H3,(H,97,103)(H,98,102)/t55-,56+,57-,58+,67-,68-,69?,70?,71?,72?,73-,74?,75-,76+,77+,78+,79-,80?,81+,82?,83?,85?,86+,87-,88+,92-/m1/s1. The molecule has 0 saturated carbocycles. The second-order valence-electron chi connectivity index (χ2n) is 33.3. The molecule has 7 aliphatic heterocycles. The van der Waals surface area contributed by atoms with Gasteiger partial charge >= 0.3 is 30.1 Å². The summed E-state index contributed by atoms with van der Waals surface area (Å²) < 4.78 is 143. The van der Waals surface area contributed by atoms with Crippen molar-refractivity contribution in [3.8, 4) is 0 Å². The number of amides is 2. The average molecular weight is 1780 g/mol. The van der Waals surface area contributed by atoms with E-state index in [1.165, 1.54) is 13.8 Å². The first-order valence-electron chi connectivity index (χ1n) is 42.6. The number of rotatable bonds is 37. The summed E-state index contributed by atoms with van der Waals surface area (Å²) in [6.07, 6.45) is -23.2. The second-order valence-corrected chi connectivity index (χ2v) is 35.8. The van der Waals surface area contributed by atoms with Gasteiger partial charge in [0.15, 0.2) is 42.8 Å². The molecule has 13 rings (SSSR count). The Kier molecular flexibility index (Phi) is 33.4. The zero-order valence-corrected chi connectivity index (χ0v) is 73.7. The van der Waals surface area contributed by atoms with Crippen LogP contribution in [0.15, 0.2) is 182 Å². The van der Waals surface area contributed by atoms with Gasteiger partial charge in [-0.15, -0.1) is 0 Å². The van der Waals surface area contributed by atoms with Crippen LogP contribution >= 0.6 is 34.8 Å². The predicted molar refractivity (Wildman–Crippen MR) is 450 cm³/mol. The van der Waals surface area contributed by atoms with Crippen LogP contribution in [0.2, 0.25) is 0 Å². The van der Waals surface area contributed by atoms with Crippen LogP contribution < -0.4 is 10.6 Å². The summed E-state index contributed by atoms with van der Waals surface area (Å²) in [6.45, 7) is 16.3. The molecule has 0 bridgehead atoms. The van der Waals surface area contributed by atoms with Gasteiger partial charge in [-0.2, -0.15) is 0 Å². The molecule has 7 aliphatic rings. The number of ether oxygens (including phenoxy) is 21. The van der Waals surface area contributed by atoms with Crippen molar-refractivity contribution in [1.29, 1.82) is 0 Å². The quantitative estimate of drug-likeness (QED) is 0.0158. The van der Waals surface area contributed by atoms with E-state index in [0.717, 1.165) is 27.8 Å². The van der Waals surface area contributed by atoms with Crippen LogP contribution in [0, 0.1) is 23.7 Å². The molecule has 2 N–H and O–H groups in total. The first kappa shape index (κ1) is 94.1. The number of alkyl halides is 3. The van der Waals surface area contributed by atoms with E-state index in [4.69, 9.17) is 134 Å². The molecule has 26 atom stereocenters. The topological polar surface area (TPSA) is 303 Å². The van der Waals surface area contributed by atoms with Crippen molar-refractivity contribution in [3.05, 3.63) is 215 Å². The molecular weight excluding hydrogens is 1670 g/mol. The Labute approximate surface area is 739 Å². The lowest BCUT2D eigenvalue weighted by Gasteiger charge is -2.54. The van der Waals surface area contributed by atoms with Gasteiger partial charge in [0, 0.05) is 38.0 Å². The highest BCUT2D eigenvalue weighted by Crippen LogP contribution is 2.47. The maximum atomic E-state index is 15.7. The van der Waals surface area contributed by atoms with Crippen LogP contribution in [-0.4, -0.2) is 214 Å². The molecule has 7 fully saturated rings. The zero-order valence-electron chi connectivity index (χ0n) is 71.4. The van der Waals surface area contributed by atoms with Gasteiger partial charge in [0.05, 0.1) is 94.5 Å². The van der Waals surface area contributed by atoms with Gasteiger partial charge in [-0.25, -0.2) is 14.4 Å². The fourth-order valence-electron chi connectivity index (χ4n) is 17.0. The largest absolute Gasteiger partial charge is 0.463 e. The van der Waals surface area contributed by atoms with Crippen molar-refractivity contribution in [2.75, 3.05) is 39.6 Å². The van der Waals surface area contributed by atoms with Gasteiger partial charge in [0.25, 0.3) is 0 Å². The summed E-state index contributed by atoms with van der Waals surface area (Å²) in [5, 5.41) is 5.96. The van der Waals surface area contributed by atoms with Gasteiger partial charge < -0.3 is 110 Å². The van der Waals surface area contributed by atoms with Crippen LogP contribution in [0.3, 0.4) is 0 Å². The molecule has 674 valence electrons. The molecule has 28 nitrogen and oxygen atoms in total. The number of fused-ring (bicyclic) bond motifs is 1. The summed E-state index contributed by atoms with van der Waals surface area (Å²) >= 11 is 19.1.